The van der Waals surface area contributed by atoms with Crippen molar-refractivity contribution >= 4 is 40.2 Å². The van der Waals surface area contributed by atoms with Crippen LogP contribution in [0, 0.1) is 6.92 Å². The molecule has 0 aliphatic rings. The molecule has 2 aromatic rings. The number of hydrogen-bond acceptors (Lipinski definition) is 3. The molecule has 0 fully saturated rings. The van der Waals surface area contributed by atoms with Crippen molar-refractivity contribution in [2.75, 3.05) is 5.32 Å². The topological polar surface area (TPSA) is 24.9 Å². The fourth-order valence-electron chi connectivity index (χ4n) is 1.50. The van der Waals surface area contributed by atoms with Crippen LogP contribution in [0.4, 0.5) is 5.69 Å². The van der Waals surface area contributed by atoms with Gasteiger partial charge in [0.15, 0.2) is 0 Å². The number of hydrogen-bond donors (Lipinski definition) is 1. The molecular formula is C12H12Cl2N2S. The fraction of sp³-hybridized carbons (Fsp3) is 0.250. The zero-order chi connectivity index (χ0) is 12.4. The van der Waals surface area contributed by atoms with Crippen molar-refractivity contribution in [3.63, 3.8) is 0 Å². The van der Waals surface area contributed by atoms with Crippen LogP contribution in [-0.4, -0.2) is 4.98 Å². The summed E-state index contributed by atoms with van der Waals surface area (Å²) >= 11 is 13.9. The molecule has 1 aromatic carbocycles. The maximum Gasteiger partial charge on any atom is 0.0795 e. The average Bonchev–Trinajstić information content (AvgIpc) is 2.79. The minimum absolute atomic E-state index is 0.166. The van der Waals surface area contributed by atoms with Gasteiger partial charge in [-0.2, -0.15) is 0 Å². The summed E-state index contributed by atoms with van der Waals surface area (Å²) in [5.74, 6) is 0. The van der Waals surface area contributed by atoms with Gasteiger partial charge in [0.05, 0.1) is 22.3 Å². The third-order valence-electron chi connectivity index (χ3n) is 2.50. The van der Waals surface area contributed by atoms with Crippen LogP contribution in [0.2, 0.25) is 10.0 Å². The van der Waals surface area contributed by atoms with E-state index in [9.17, 15) is 0 Å². The predicted octanol–water partition coefficient (Wildman–Crippen LogP) is 4.93. The molecule has 1 aromatic heterocycles. The first-order valence-electron chi connectivity index (χ1n) is 5.18. The maximum atomic E-state index is 6.17. The van der Waals surface area contributed by atoms with Gasteiger partial charge in [0.25, 0.3) is 0 Å². The molecule has 0 saturated heterocycles. The fourth-order valence-corrected chi connectivity index (χ4v) is 2.57. The lowest BCUT2D eigenvalue weighted by atomic mass is 10.2. The van der Waals surface area contributed by atoms with Crippen molar-refractivity contribution in [3.8, 4) is 0 Å². The summed E-state index contributed by atoms with van der Waals surface area (Å²) < 4.78 is 0. The molecule has 0 saturated carbocycles. The zero-order valence-corrected chi connectivity index (χ0v) is 11.8. The second kappa shape index (κ2) is 5.25. The summed E-state index contributed by atoms with van der Waals surface area (Å²) in [5.41, 5.74) is 3.65. The molecule has 1 heterocycles. The lowest BCUT2D eigenvalue weighted by Gasteiger charge is -2.15. The smallest absolute Gasteiger partial charge is 0.0795 e. The van der Waals surface area contributed by atoms with E-state index in [2.05, 4.69) is 17.2 Å². The molecule has 5 heteroatoms. The lowest BCUT2D eigenvalue weighted by Crippen LogP contribution is -2.05. The first kappa shape index (κ1) is 12.7. The van der Waals surface area contributed by atoms with E-state index in [0.717, 1.165) is 16.1 Å². The Balaban J connectivity index is 2.22. The normalized spacial score (nSPS) is 12.5. The number of halogens is 2. The minimum atomic E-state index is 0.166. The third kappa shape index (κ3) is 2.92. The number of anilines is 1. The molecule has 90 valence electrons. The van der Waals surface area contributed by atoms with E-state index >= 15 is 0 Å². The van der Waals surface area contributed by atoms with Gasteiger partial charge in [-0.05, 0) is 31.5 Å². The Hall–Kier alpha value is -0.770. The van der Waals surface area contributed by atoms with E-state index in [1.807, 2.05) is 30.8 Å². The van der Waals surface area contributed by atoms with Gasteiger partial charge in [0.1, 0.15) is 0 Å². The molecule has 0 radical (unpaired) electrons. The van der Waals surface area contributed by atoms with Crippen LogP contribution in [0.5, 0.6) is 0 Å². The Labute approximate surface area is 115 Å². The van der Waals surface area contributed by atoms with Crippen molar-refractivity contribution in [2.45, 2.75) is 19.9 Å². The van der Waals surface area contributed by atoms with Crippen molar-refractivity contribution in [2.24, 2.45) is 0 Å². The van der Waals surface area contributed by atoms with Crippen LogP contribution in [0.25, 0.3) is 0 Å². The highest BCUT2D eigenvalue weighted by atomic mass is 35.5. The number of nitrogens with one attached hydrogen (secondary N) is 1. The highest BCUT2D eigenvalue weighted by Crippen LogP contribution is 2.31. The summed E-state index contributed by atoms with van der Waals surface area (Å²) in [6.45, 7) is 4.00. The van der Waals surface area contributed by atoms with Crippen LogP contribution < -0.4 is 5.32 Å². The van der Waals surface area contributed by atoms with E-state index in [-0.39, 0.29) is 6.04 Å². The van der Waals surface area contributed by atoms with Gasteiger partial charge < -0.3 is 5.32 Å². The first-order chi connectivity index (χ1) is 8.08. The van der Waals surface area contributed by atoms with E-state index in [0.29, 0.717) is 10.0 Å². The summed E-state index contributed by atoms with van der Waals surface area (Å²) in [6.07, 6.45) is 1.85. The van der Waals surface area contributed by atoms with E-state index in [4.69, 9.17) is 23.2 Å². The van der Waals surface area contributed by atoms with Crippen LogP contribution in [-0.2, 0) is 0 Å². The number of aryl methyl sites for hydroxylation is 1. The number of benzene rings is 1. The SMILES string of the molecule is Cc1cc(Cl)c(NC(C)c2cncs2)cc1Cl. The third-order valence-corrected chi connectivity index (χ3v) is 4.18. The largest absolute Gasteiger partial charge is 0.376 e. The lowest BCUT2D eigenvalue weighted by molar-refractivity contribution is 0.903. The van der Waals surface area contributed by atoms with Gasteiger partial charge in [-0.3, -0.25) is 4.98 Å². The number of thiazole rings is 1. The quantitative estimate of drug-likeness (QED) is 0.865. The van der Waals surface area contributed by atoms with Crippen LogP contribution in [0.1, 0.15) is 23.4 Å². The van der Waals surface area contributed by atoms with E-state index in [1.165, 1.54) is 0 Å². The molecule has 2 nitrogen and oxygen atoms in total. The second-order valence-corrected chi connectivity index (χ2v) is 5.58. The number of nitrogens with zero attached hydrogens (tertiary/aromatic N) is 1. The Morgan fingerprint density at radius 2 is 2.06 bits per heavy atom. The van der Waals surface area contributed by atoms with Crippen LogP contribution >= 0.6 is 34.5 Å². The molecule has 0 amide bonds. The van der Waals surface area contributed by atoms with Crippen LogP contribution in [0.15, 0.2) is 23.8 Å². The van der Waals surface area contributed by atoms with Crippen LogP contribution in [0.3, 0.4) is 0 Å². The van der Waals surface area contributed by atoms with Gasteiger partial charge in [0, 0.05) is 16.1 Å². The van der Waals surface area contributed by atoms with Gasteiger partial charge >= 0.3 is 0 Å². The van der Waals surface area contributed by atoms with E-state index < -0.39 is 0 Å². The van der Waals surface area contributed by atoms with Gasteiger partial charge in [-0.1, -0.05) is 23.2 Å². The minimum Gasteiger partial charge on any atom is -0.376 e. The molecule has 17 heavy (non-hydrogen) atoms. The molecule has 0 aliphatic heterocycles. The molecule has 2 rings (SSSR count). The molecule has 1 atom stereocenters. The number of rotatable bonds is 3. The molecule has 0 bridgehead atoms. The molecular weight excluding hydrogens is 275 g/mol. The molecule has 1 unspecified atom stereocenters. The van der Waals surface area contributed by atoms with Gasteiger partial charge in [-0.15, -0.1) is 11.3 Å². The van der Waals surface area contributed by atoms with Crippen molar-refractivity contribution in [3.05, 3.63) is 44.3 Å². The summed E-state index contributed by atoms with van der Waals surface area (Å²) in [5, 5.41) is 4.73. The van der Waals surface area contributed by atoms with Crippen molar-refractivity contribution in [1.82, 2.24) is 4.98 Å². The molecule has 1 N–H and O–H groups in total. The standard InChI is InChI=1S/C12H12Cl2N2S/c1-7-3-10(14)11(4-9(7)13)16-8(2)12-5-15-6-17-12/h3-6,8,16H,1-2H3. The Bertz CT molecular complexity index is 511. The highest BCUT2D eigenvalue weighted by Gasteiger charge is 2.10. The first-order valence-corrected chi connectivity index (χ1v) is 6.82. The highest BCUT2D eigenvalue weighted by molar-refractivity contribution is 7.09. The maximum absolute atomic E-state index is 6.17. The monoisotopic (exact) mass is 286 g/mol. The zero-order valence-electron chi connectivity index (χ0n) is 9.50. The van der Waals surface area contributed by atoms with Crippen molar-refractivity contribution < 1.29 is 0 Å². The summed E-state index contributed by atoms with van der Waals surface area (Å²) in [6, 6.07) is 3.89. The average molecular weight is 287 g/mol. The Kier molecular flexibility index (Phi) is 3.92. The van der Waals surface area contributed by atoms with Gasteiger partial charge in [0.2, 0.25) is 0 Å². The summed E-state index contributed by atoms with van der Waals surface area (Å²) in [4.78, 5) is 5.22. The molecule has 0 spiro atoms. The molecule has 0 aliphatic carbocycles. The van der Waals surface area contributed by atoms with Crippen molar-refractivity contribution in [1.29, 1.82) is 0 Å². The Morgan fingerprint density at radius 3 is 2.71 bits per heavy atom. The summed E-state index contributed by atoms with van der Waals surface area (Å²) in [7, 11) is 0. The predicted molar refractivity (Wildman–Crippen MR) is 75.4 cm³/mol. The van der Waals surface area contributed by atoms with E-state index in [1.54, 1.807) is 11.3 Å². The Morgan fingerprint density at radius 1 is 1.29 bits per heavy atom. The number of aromatic nitrogens is 1. The van der Waals surface area contributed by atoms with Gasteiger partial charge in [-0.25, -0.2) is 0 Å². The second-order valence-electron chi connectivity index (χ2n) is 3.85.